The van der Waals surface area contributed by atoms with Crippen LogP contribution in [0.3, 0.4) is 0 Å². The molecule has 0 saturated carbocycles. The predicted octanol–water partition coefficient (Wildman–Crippen LogP) is 4.58. The highest BCUT2D eigenvalue weighted by molar-refractivity contribution is 6.15. The Morgan fingerprint density at radius 2 is 1.72 bits per heavy atom. The van der Waals surface area contributed by atoms with E-state index < -0.39 is 5.41 Å². The number of allylic oxidation sites excluding steroid dienone is 1. The van der Waals surface area contributed by atoms with E-state index >= 15 is 0 Å². The number of carbonyl (C=O) groups excluding carboxylic acids is 2. The Bertz CT molecular complexity index is 1010. The van der Waals surface area contributed by atoms with Crippen LogP contribution in [0.1, 0.15) is 42.3 Å². The van der Waals surface area contributed by atoms with Crippen LogP contribution in [0.5, 0.6) is 23.0 Å². The molecule has 1 aliphatic heterocycles. The highest BCUT2D eigenvalue weighted by atomic mass is 16.5. The van der Waals surface area contributed by atoms with Crippen molar-refractivity contribution in [2.45, 2.75) is 27.7 Å². The third-order valence-corrected chi connectivity index (χ3v) is 4.58. The van der Waals surface area contributed by atoms with Crippen molar-refractivity contribution < 1.29 is 28.5 Å². The van der Waals surface area contributed by atoms with E-state index in [9.17, 15) is 9.59 Å². The van der Waals surface area contributed by atoms with Crippen molar-refractivity contribution in [2.24, 2.45) is 5.41 Å². The van der Waals surface area contributed by atoms with Gasteiger partial charge in [0.25, 0.3) is 0 Å². The highest BCUT2D eigenvalue weighted by Gasteiger charge is 2.32. The molecule has 3 rings (SSSR count). The molecule has 152 valence electrons. The molecule has 0 spiro atoms. The topological polar surface area (TPSA) is 71.1 Å². The molecule has 2 aromatic rings. The van der Waals surface area contributed by atoms with Gasteiger partial charge in [0.2, 0.25) is 5.78 Å². The summed E-state index contributed by atoms with van der Waals surface area (Å²) in [7, 11) is 3.12. The Hall–Kier alpha value is -3.28. The fraction of sp³-hybridized carbons (Fsp3) is 0.304. The van der Waals surface area contributed by atoms with Crippen molar-refractivity contribution in [1.29, 1.82) is 0 Å². The van der Waals surface area contributed by atoms with Crippen LogP contribution in [0.25, 0.3) is 6.08 Å². The zero-order chi connectivity index (χ0) is 21.3. The van der Waals surface area contributed by atoms with Crippen molar-refractivity contribution in [1.82, 2.24) is 0 Å². The first-order valence-electron chi connectivity index (χ1n) is 9.18. The molecule has 0 aromatic heterocycles. The number of methoxy groups -OCH3 is 2. The second-order valence-electron chi connectivity index (χ2n) is 7.75. The van der Waals surface area contributed by atoms with Crippen LogP contribution in [0.15, 0.2) is 36.1 Å². The first-order valence-corrected chi connectivity index (χ1v) is 9.18. The molecule has 0 bridgehead atoms. The van der Waals surface area contributed by atoms with Crippen LogP contribution in [0.4, 0.5) is 0 Å². The van der Waals surface area contributed by atoms with Gasteiger partial charge >= 0.3 is 5.97 Å². The summed E-state index contributed by atoms with van der Waals surface area (Å²) in [6.07, 6.45) is 1.62. The molecule has 2 aromatic carbocycles. The molecule has 1 aliphatic rings. The van der Waals surface area contributed by atoms with Crippen LogP contribution >= 0.6 is 0 Å². The first kappa shape index (κ1) is 20.5. The van der Waals surface area contributed by atoms with E-state index in [2.05, 4.69) is 0 Å². The fourth-order valence-corrected chi connectivity index (χ4v) is 2.82. The summed E-state index contributed by atoms with van der Waals surface area (Å²) in [6, 6.07) is 8.52. The molecule has 0 fully saturated rings. The molecule has 6 heteroatoms. The van der Waals surface area contributed by atoms with E-state index in [1.54, 1.807) is 78.3 Å². The lowest BCUT2D eigenvalue weighted by atomic mass is 9.97. The van der Waals surface area contributed by atoms with Crippen LogP contribution in [-0.2, 0) is 4.79 Å². The number of esters is 1. The molecule has 0 N–H and O–H groups in total. The normalized spacial score (nSPS) is 14.4. The van der Waals surface area contributed by atoms with E-state index in [0.29, 0.717) is 39.7 Å². The van der Waals surface area contributed by atoms with Crippen molar-refractivity contribution in [2.75, 3.05) is 14.2 Å². The largest absolute Gasteiger partial charge is 0.497 e. The summed E-state index contributed by atoms with van der Waals surface area (Å²) in [5.74, 6) is 1.53. The molecule has 0 saturated heterocycles. The van der Waals surface area contributed by atoms with Gasteiger partial charge in [-0.2, -0.15) is 0 Å². The van der Waals surface area contributed by atoms with Crippen LogP contribution in [-0.4, -0.2) is 26.0 Å². The van der Waals surface area contributed by atoms with Crippen LogP contribution in [0.2, 0.25) is 0 Å². The number of hydrogen-bond donors (Lipinski definition) is 0. The average Bonchev–Trinajstić information content (AvgIpc) is 2.99. The zero-order valence-corrected chi connectivity index (χ0v) is 17.4. The predicted molar refractivity (Wildman–Crippen MR) is 109 cm³/mol. The number of ether oxygens (including phenoxy) is 4. The number of ketones is 1. The number of fused-ring (bicyclic) bond motifs is 1. The van der Waals surface area contributed by atoms with Gasteiger partial charge in [-0.15, -0.1) is 0 Å². The Labute approximate surface area is 170 Å². The molecule has 0 radical (unpaired) electrons. The monoisotopic (exact) mass is 396 g/mol. The minimum absolute atomic E-state index is 0.161. The van der Waals surface area contributed by atoms with E-state index in [1.807, 2.05) is 0 Å². The standard InChI is InChI=1S/C23H24O6/c1-13-17(29-22(25)23(2,3)4)10-8-16-20(24)19(28-21(13)16)12-14-11-15(26-5)7-9-18(14)27-6/h7-12H,1-6H3/b19-12-. The summed E-state index contributed by atoms with van der Waals surface area (Å²) in [6.45, 7) is 7.09. The maximum atomic E-state index is 12.8. The average molecular weight is 396 g/mol. The van der Waals surface area contributed by atoms with E-state index in [-0.39, 0.29) is 17.5 Å². The summed E-state index contributed by atoms with van der Waals surface area (Å²) < 4.78 is 22.0. The first-order chi connectivity index (χ1) is 13.7. The number of carbonyl (C=O) groups is 2. The van der Waals surface area contributed by atoms with Gasteiger partial charge in [-0.3, -0.25) is 9.59 Å². The molecular weight excluding hydrogens is 372 g/mol. The van der Waals surface area contributed by atoms with Gasteiger partial charge < -0.3 is 18.9 Å². The lowest BCUT2D eigenvalue weighted by Crippen LogP contribution is -2.25. The Morgan fingerprint density at radius 1 is 1.03 bits per heavy atom. The van der Waals surface area contributed by atoms with Gasteiger partial charge in [-0.05, 0) is 64.1 Å². The van der Waals surface area contributed by atoms with Gasteiger partial charge in [0, 0.05) is 11.1 Å². The number of rotatable bonds is 4. The van der Waals surface area contributed by atoms with Crippen molar-refractivity contribution >= 4 is 17.8 Å². The number of Topliss-reactive ketones (excluding diaryl/α,β-unsaturated/α-hetero) is 1. The molecule has 1 heterocycles. The van der Waals surface area contributed by atoms with Crippen molar-refractivity contribution in [3.05, 3.63) is 52.8 Å². The minimum atomic E-state index is -0.643. The Kier molecular flexibility index (Phi) is 5.38. The summed E-state index contributed by atoms with van der Waals surface area (Å²) >= 11 is 0. The summed E-state index contributed by atoms with van der Waals surface area (Å²) in [5, 5.41) is 0. The van der Waals surface area contributed by atoms with E-state index in [0.717, 1.165) is 0 Å². The zero-order valence-electron chi connectivity index (χ0n) is 17.4. The highest BCUT2D eigenvalue weighted by Crippen LogP contribution is 2.40. The van der Waals surface area contributed by atoms with E-state index in [1.165, 1.54) is 0 Å². The van der Waals surface area contributed by atoms with Crippen molar-refractivity contribution in [3.8, 4) is 23.0 Å². The molecule has 0 aliphatic carbocycles. The summed E-state index contributed by atoms with van der Waals surface area (Å²) in [5.41, 5.74) is 1.02. The third-order valence-electron chi connectivity index (χ3n) is 4.58. The number of benzene rings is 2. The molecular formula is C23H24O6. The van der Waals surface area contributed by atoms with Gasteiger partial charge in [-0.25, -0.2) is 0 Å². The minimum Gasteiger partial charge on any atom is -0.497 e. The fourth-order valence-electron chi connectivity index (χ4n) is 2.82. The molecule has 0 atom stereocenters. The lowest BCUT2D eigenvalue weighted by Gasteiger charge is -2.18. The molecule has 0 amide bonds. The smallest absolute Gasteiger partial charge is 0.316 e. The van der Waals surface area contributed by atoms with Gasteiger partial charge in [0.15, 0.2) is 5.76 Å². The second-order valence-corrected chi connectivity index (χ2v) is 7.75. The summed E-state index contributed by atoms with van der Waals surface area (Å²) in [4.78, 5) is 25.0. The SMILES string of the molecule is COc1ccc(OC)c(/C=C2\Oc3c(ccc(OC(=O)C(C)(C)C)c3C)C2=O)c1. The quantitative estimate of drug-likeness (QED) is 0.428. The maximum absolute atomic E-state index is 12.8. The van der Waals surface area contributed by atoms with Crippen molar-refractivity contribution in [3.63, 3.8) is 0 Å². The Balaban J connectivity index is 1.96. The van der Waals surface area contributed by atoms with Gasteiger partial charge in [-0.1, -0.05) is 0 Å². The van der Waals surface area contributed by atoms with Gasteiger partial charge in [0.1, 0.15) is 23.0 Å². The van der Waals surface area contributed by atoms with Gasteiger partial charge in [0.05, 0.1) is 25.2 Å². The molecule has 6 nitrogen and oxygen atoms in total. The molecule has 29 heavy (non-hydrogen) atoms. The third kappa shape index (κ3) is 3.97. The lowest BCUT2D eigenvalue weighted by molar-refractivity contribution is -0.143. The Morgan fingerprint density at radius 3 is 2.34 bits per heavy atom. The van der Waals surface area contributed by atoms with Crippen LogP contribution < -0.4 is 18.9 Å². The molecule has 0 unspecified atom stereocenters. The maximum Gasteiger partial charge on any atom is 0.316 e. The number of hydrogen-bond acceptors (Lipinski definition) is 6. The second kappa shape index (κ2) is 7.62. The van der Waals surface area contributed by atoms with Crippen LogP contribution in [0, 0.1) is 12.3 Å². The van der Waals surface area contributed by atoms with E-state index in [4.69, 9.17) is 18.9 Å².